The largest absolute Gasteiger partial charge is 0.288 e. The molecule has 0 amide bonds. The van der Waals surface area contributed by atoms with Crippen molar-refractivity contribution in [2.75, 3.05) is 11.5 Å². The first kappa shape index (κ1) is 12.9. The molecule has 0 aromatic heterocycles. The molecule has 1 unspecified atom stereocenters. The number of hydrogen-bond acceptors (Lipinski definition) is 3. The molecule has 0 bridgehead atoms. The van der Waals surface area contributed by atoms with Gasteiger partial charge in [-0.1, -0.05) is 29.3 Å². The van der Waals surface area contributed by atoms with Crippen molar-refractivity contribution in [3.8, 4) is 0 Å². The zero-order valence-electron chi connectivity index (χ0n) is 8.94. The van der Waals surface area contributed by atoms with Crippen LogP contribution in [0.25, 0.3) is 0 Å². The molecule has 6 heteroatoms. The smallest absolute Gasteiger partial charge is 0.152 e. The zero-order chi connectivity index (χ0) is 12.5. The maximum atomic E-state index is 11.2. The quantitative estimate of drug-likeness (QED) is 0.787. The Morgan fingerprint density at radius 3 is 2.71 bits per heavy atom. The SMILES string of the molecule is O=S1(=O)CCC(N=Cc2ccc(Cl)cc2Cl)C1. The highest BCUT2D eigenvalue weighted by Crippen LogP contribution is 2.20. The van der Waals surface area contributed by atoms with Gasteiger partial charge in [-0.15, -0.1) is 0 Å². The van der Waals surface area contributed by atoms with Crippen LogP contribution >= 0.6 is 23.2 Å². The second-order valence-electron chi connectivity index (χ2n) is 4.00. The lowest BCUT2D eigenvalue weighted by atomic mass is 10.2. The van der Waals surface area contributed by atoms with E-state index in [1.165, 1.54) is 0 Å². The van der Waals surface area contributed by atoms with Crippen molar-refractivity contribution >= 4 is 39.3 Å². The van der Waals surface area contributed by atoms with E-state index in [2.05, 4.69) is 4.99 Å². The molecule has 0 saturated carbocycles. The van der Waals surface area contributed by atoms with Gasteiger partial charge in [0, 0.05) is 16.8 Å². The second kappa shape index (κ2) is 4.96. The van der Waals surface area contributed by atoms with Crippen LogP contribution in [0.1, 0.15) is 12.0 Å². The topological polar surface area (TPSA) is 46.5 Å². The third-order valence-corrected chi connectivity index (χ3v) is 4.91. The predicted molar refractivity (Wildman–Crippen MR) is 71.1 cm³/mol. The van der Waals surface area contributed by atoms with Gasteiger partial charge in [0.05, 0.1) is 22.6 Å². The van der Waals surface area contributed by atoms with Crippen molar-refractivity contribution < 1.29 is 8.42 Å². The molecule has 1 aromatic rings. The maximum absolute atomic E-state index is 11.2. The van der Waals surface area contributed by atoms with Gasteiger partial charge in [-0.25, -0.2) is 8.42 Å². The summed E-state index contributed by atoms with van der Waals surface area (Å²) in [5, 5.41) is 1.08. The fourth-order valence-corrected chi connectivity index (χ4v) is 3.78. The van der Waals surface area contributed by atoms with E-state index in [0.717, 1.165) is 5.56 Å². The van der Waals surface area contributed by atoms with Gasteiger partial charge in [-0.2, -0.15) is 0 Å². The van der Waals surface area contributed by atoms with Crippen molar-refractivity contribution in [3.63, 3.8) is 0 Å². The predicted octanol–water partition coefficient (Wildman–Crippen LogP) is 2.60. The summed E-state index contributed by atoms with van der Waals surface area (Å²) in [5.74, 6) is 0.359. The number of aliphatic imine (C=N–C) groups is 1. The standard InChI is InChI=1S/C11H11Cl2NO2S/c12-9-2-1-8(11(13)5-9)6-14-10-3-4-17(15,16)7-10/h1-2,5-6,10H,3-4,7H2. The Balaban J connectivity index is 2.11. The van der Waals surface area contributed by atoms with Crippen LogP contribution in [-0.4, -0.2) is 32.2 Å². The minimum Gasteiger partial charge on any atom is -0.288 e. The molecule has 0 aliphatic carbocycles. The average Bonchev–Trinajstić information content (AvgIpc) is 2.57. The molecule has 2 rings (SSSR count). The van der Waals surface area contributed by atoms with Crippen molar-refractivity contribution in [3.05, 3.63) is 33.8 Å². The number of benzene rings is 1. The number of rotatable bonds is 2. The van der Waals surface area contributed by atoms with E-state index in [-0.39, 0.29) is 17.5 Å². The highest BCUT2D eigenvalue weighted by molar-refractivity contribution is 7.91. The average molecular weight is 292 g/mol. The summed E-state index contributed by atoms with van der Waals surface area (Å²) in [6, 6.07) is 4.97. The van der Waals surface area contributed by atoms with E-state index in [1.807, 2.05) is 0 Å². The van der Waals surface area contributed by atoms with Gasteiger partial charge in [-0.05, 0) is 18.6 Å². The van der Waals surface area contributed by atoms with E-state index in [4.69, 9.17) is 23.2 Å². The highest BCUT2D eigenvalue weighted by Gasteiger charge is 2.26. The van der Waals surface area contributed by atoms with E-state index in [9.17, 15) is 8.42 Å². The van der Waals surface area contributed by atoms with Gasteiger partial charge in [0.2, 0.25) is 0 Å². The molecule has 17 heavy (non-hydrogen) atoms. The zero-order valence-corrected chi connectivity index (χ0v) is 11.3. The number of hydrogen-bond donors (Lipinski definition) is 0. The molecular formula is C11H11Cl2NO2S. The normalized spacial score (nSPS) is 23.3. The Morgan fingerprint density at radius 2 is 2.12 bits per heavy atom. The summed E-state index contributed by atoms with van der Waals surface area (Å²) in [6.07, 6.45) is 2.20. The van der Waals surface area contributed by atoms with Gasteiger partial charge in [0.25, 0.3) is 0 Å². The molecule has 1 heterocycles. The lowest BCUT2D eigenvalue weighted by Crippen LogP contribution is -2.07. The number of nitrogens with zero attached hydrogens (tertiary/aromatic N) is 1. The first-order valence-corrected chi connectivity index (χ1v) is 7.73. The van der Waals surface area contributed by atoms with Crippen LogP contribution in [0.4, 0.5) is 0 Å². The van der Waals surface area contributed by atoms with Gasteiger partial charge in [-0.3, -0.25) is 4.99 Å². The second-order valence-corrected chi connectivity index (χ2v) is 7.07. The van der Waals surface area contributed by atoms with Crippen molar-refractivity contribution in [2.24, 2.45) is 4.99 Å². The molecule has 0 spiro atoms. The molecule has 0 N–H and O–H groups in total. The Hall–Kier alpha value is -0.580. The minimum atomic E-state index is -2.88. The van der Waals surface area contributed by atoms with E-state index in [1.54, 1.807) is 24.4 Å². The van der Waals surface area contributed by atoms with E-state index in [0.29, 0.717) is 16.5 Å². The summed E-state index contributed by atoms with van der Waals surface area (Å²) < 4.78 is 22.5. The summed E-state index contributed by atoms with van der Waals surface area (Å²) in [4.78, 5) is 4.25. The Bertz CT molecular complexity index is 555. The lowest BCUT2D eigenvalue weighted by molar-refractivity contribution is 0.601. The molecule has 1 aromatic carbocycles. The van der Waals surface area contributed by atoms with Crippen LogP contribution in [0.2, 0.25) is 10.0 Å². The van der Waals surface area contributed by atoms with Crippen LogP contribution in [0.3, 0.4) is 0 Å². The molecule has 92 valence electrons. The fraction of sp³-hybridized carbons (Fsp3) is 0.364. The minimum absolute atomic E-state index is 0.134. The van der Waals surface area contributed by atoms with Crippen molar-refractivity contribution in [1.29, 1.82) is 0 Å². The molecule has 1 saturated heterocycles. The third kappa shape index (κ3) is 3.44. The third-order valence-electron chi connectivity index (χ3n) is 2.60. The Labute approximate surface area is 110 Å². The molecular weight excluding hydrogens is 281 g/mol. The maximum Gasteiger partial charge on any atom is 0.152 e. The summed E-state index contributed by atoms with van der Waals surface area (Å²) >= 11 is 11.8. The molecule has 1 fully saturated rings. The van der Waals surface area contributed by atoms with Crippen LogP contribution < -0.4 is 0 Å². The Morgan fingerprint density at radius 1 is 1.35 bits per heavy atom. The monoisotopic (exact) mass is 291 g/mol. The highest BCUT2D eigenvalue weighted by atomic mass is 35.5. The molecule has 1 aliphatic rings. The van der Waals surface area contributed by atoms with Gasteiger partial charge >= 0.3 is 0 Å². The van der Waals surface area contributed by atoms with E-state index < -0.39 is 9.84 Å². The van der Waals surface area contributed by atoms with Gasteiger partial charge in [0.15, 0.2) is 9.84 Å². The Kier molecular flexibility index (Phi) is 3.76. The summed E-state index contributed by atoms with van der Waals surface area (Å²) in [6.45, 7) is 0. The first-order valence-electron chi connectivity index (χ1n) is 5.15. The van der Waals surface area contributed by atoms with Gasteiger partial charge in [0.1, 0.15) is 0 Å². The summed E-state index contributed by atoms with van der Waals surface area (Å²) in [5.41, 5.74) is 0.750. The lowest BCUT2D eigenvalue weighted by Gasteiger charge is -2.01. The van der Waals surface area contributed by atoms with Crippen LogP contribution in [0.5, 0.6) is 0 Å². The van der Waals surface area contributed by atoms with Gasteiger partial charge < -0.3 is 0 Å². The molecule has 1 aliphatic heterocycles. The molecule has 3 nitrogen and oxygen atoms in total. The molecule has 1 atom stereocenters. The number of halogens is 2. The molecule has 0 radical (unpaired) electrons. The van der Waals surface area contributed by atoms with Crippen LogP contribution in [0.15, 0.2) is 23.2 Å². The van der Waals surface area contributed by atoms with E-state index >= 15 is 0 Å². The van der Waals surface area contributed by atoms with Crippen molar-refractivity contribution in [2.45, 2.75) is 12.5 Å². The first-order chi connectivity index (χ1) is 7.96. The van der Waals surface area contributed by atoms with Crippen LogP contribution in [0, 0.1) is 0 Å². The number of sulfone groups is 1. The van der Waals surface area contributed by atoms with Crippen LogP contribution in [-0.2, 0) is 9.84 Å². The fourth-order valence-electron chi connectivity index (χ4n) is 1.68. The summed E-state index contributed by atoms with van der Waals surface area (Å²) in [7, 11) is -2.88. The van der Waals surface area contributed by atoms with Crippen molar-refractivity contribution in [1.82, 2.24) is 0 Å².